The number of benzene rings is 2. The molecule has 0 radical (unpaired) electrons. The second kappa shape index (κ2) is 6.94. The van der Waals surface area contributed by atoms with Gasteiger partial charge in [-0.3, -0.25) is 9.79 Å². The molecule has 1 atom stereocenters. The monoisotopic (exact) mass is 349 g/mol. The van der Waals surface area contributed by atoms with Crippen LogP contribution >= 0.6 is 0 Å². The lowest BCUT2D eigenvalue weighted by molar-refractivity contribution is -0.114. The van der Waals surface area contributed by atoms with Gasteiger partial charge in [0.2, 0.25) is 5.91 Å². The molecule has 0 saturated heterocycles. The van der Waals surface area contributed by atoms with Crippen molar-refractivity contribution in [2.45, 2.75) is 45.6 Å². The Morgan fingerprint density at radius 2 is 1.92 bits per heavy atom. The Hall–Kier alpha value is -2.62. The molecule has 1 amide bonds. The van der Waals surface area contributed by atoms with E-state index in [4.69, 9.17) is 0 Å². The van der Waals surface area contributed by atoms with Crippen molar-refractivity contribution in [3.8, 4) is 0 Å². The fourth-order valence-corrected chi connectivity index (χ4v) is 3.66. The van der Waals surface area contributed by atoms with Gasteiger partial charge in [0.1, 0.15) is 0 Å². The van der Waals surface area contributed by atoms with Crippen molar-refractivity contribution in [3.63, 3.8) is 0 Å². The maximum Gasteiger partial charge on any atom is 0.221 e. The average molecular weight is 349 g/mol. The van der Waals surface area contributed by atoms with E-state index in [1.165, 1.54) is 18.2 Å². The Kier molecular flexibility index (Phi) is 4.86. The number of amides is 1. The van der Waals surface area contributed by atoms with Gasteiger partial charge in [-0.05, 0) is 73.7 Å². The minimum atomic E-state index is -0.0717. The summed E-state index contributed by atoms with van der Waals surface area (Å²) >= 11 is 0. The number of carbonyl (C=O) groups is 1. The molecule has 4 nitrogen and oxygen atoms in total. The van der Waals surface area contributed by atoms with Gasteiger partial charge < -0.3 is 10.2 Å². The molecule has 136 valence electrons. The molecule has 2 aromatic rings. The molecule has 1 aliphatic heterocycles. The highest BCUT2D eigenvalue weighted by atomic mass is 16.1. The predicted octanol–water partition coefficient (Wildman–Crippen LogP) is 5.12. The molecule has 3 rings (SSSR count). The van der Waals surface area contributed by atoms with Gasteiger partial charge >= 0.3 is 0 Å². The molecule has 1 N–H and O–H groups in total. The number of aliphatic imine (C=N–C) groups is 1. The largest absolute Gasteiger partial charge is 0.369 e. The molecule has 0 fully saturated rings. The Balaban J connectivity index is 1.80. The number of fused-ring (bicyclic) bond motifs is 1. The zero-order valence-corrected chi connectivity index (χ0v) is 16.2. The zero-order chi connectivity index (χ0) is 18.9. The molecule has 0 bridgehead atoms. The summed E-state index contributed by atoms with van der Waals surface area (Å²) in [5.41, 5.74) is 5.63. The van der Waals surface area contributed by atoms with Gasteiger partial charge in [0.05, 0.1) is 5.69 Å². The number of carbonyl (C=O) groups excluding carboxylic acids is 1. The molecular weight excluding hydrogens is 322 g/mol. The quantitative estimate of drug-likeness (QED) is 0.782. The molecule has 2 aromatic carbocycles. The molecule has 4 heteroatoms. The zero-order valence-electron chi connectivity index (χ0n) is 16.2. The molecular formula is C22H27N3O. The minimum Gasteiger partial charge on any atom is -0.369 e. The van der Waals surface area contributed by atoms with Crippen LogP contribution in [0, 0.1) is 0 Å². The van der Waals surface area contributed by atoms with E-state index in [2.05, 4.69) is 61.2 Å². The van der Waals surface area contributed by atoms with E-state index >= 15 is 0 Å². The van der Waals surface area contributed by atoms with Crippen molar-refractivity contribution in [2.75, 3.05) is 17.3 Å². The number of nitrogens with one attached hydrogen (secondary N) is 1. The van der Waals surface area contributed by atoms with E-state index in [0.717, 1.165) is 23.4 Å². The fourth-order valence-electron chi connectivity index (χ4n) is 3.66. The predicted molar refractivity (Wildman–Crippen MR) is 110 cm³/mol. The Bertz CT molecular complexity index is 837. The smallest absolute Gasteiger partial charge is 0.221 e. The van der Waals surface area contributed by atoms with Gasteiger partial charge in [-0.2, -0.15) is 0 Å². The van der Waals surface area contributed by atoms with Crippen LogP contribution in [0.25, 0.3) is 0 Å². The van der Waals surface area contributed by atoms with Crippen LogP contribution in [0.3, 0.4) is 0 Å². The van der Waals surface area contributed by atoms with Gasteiger partial charge in [0.25, 0.3) is 0 Å². The minimum absolute atomic E-state index is 0.0717. The number of nitrogens with zero attached hydrogens (tertiary/aromatic N) is 2. The lowest BCUT2D eigenvalue weighted by atomic mass is 9.80. The summed E-state index contributed by atoms with van der Waals surface area (Å²) in [5.74, 6) is 0.457. The summed E-state index contributed by atoms with van der Waals surface area (Å²) < 4.78 is 0. The van der Waals surface area contributed by atoms with E-state index in [0.29, 0.717) is 5.92 Å². The highest BCUT2D eigenvalue weighted by Gasteiger charge is 2.33. The van der Waals surface area contributed by atoms with Crippen molar-refractivity contribution in [1.29, 1.82) is 0 Å². The number of hydrogen-bond acceptors (Lipinski definition) is 3. The third-order valence-electron chi connectivity index (χ3n) is 5.21. The summed E-state index contributed by atoms with van der Waals surface area (Å²) in [5, 5.41) is 2.76. The third kappa shape index (κ3) is 3.79. The van der Waals surface area contributed by atoms with Crippen LogP contribution in [0.1, 0.15) is 51.2 Å². The summed E-state index contributed by atoms with van der Waals surface area (Å²) in [6, 6.07) is 14.1. The molecule has 0 aromatic heterocycles. The van der Waals surface area contributed by atoms with E-state index in [9.17, 15) is 4.79 Å². The summed E-state index contributed by atoms with van der Waals surface area (Å²) in [6.07, 6.45) is 3.04. The van der Waals surface area contributed by atoms with E-state index < -0.39 is 0 Å². The third-order valence-corrected chi connectivity index (χ3v) is 5.21. The van der Waals surface area contributed by atoms with Crippen LogP contribution in [-0.2, 0) is 4.79 Å². The van der Waals surface area contributed by atoms with E-state index in [1.54, 1.807) is 0 Å². The fraction of sp³-hybridized carbons (Fsp3) is 0.364. The molecule has 0 aliphatic carbocycles. The molecule has 26 heavy (non-hydrogen) atoms. The van der Waals surface area contributed by atoms with Gasteiger partial charge in [0.15, 0.2) is 0 Å². The lowest BCUT2D eigenvalue weighted by Gasteiger charge is -2.45. The molecule has 0 saturated carbocycles. The first kappa shape index (κ1) is 18.2. The molecule has 0 spiro atoms. The first-order valence-corrected chi connectivity index (χ1v) is 9.06. The van der Waals surface area contributed by atoms with E-state index in [-0.39, 0.29) is 11.4 Å². The van der Waals surface area contributed by atoms with Crippen LogP contribution in [0.15, 0.2) is 47.5 Å². The lowest BCUT2D eigenvalue weighted by Crippen LogP contribution is -2.45. The Morgan fingerprint density at radius 1 is 1.23 bits per heavy atom. The average Bonchev–Trinajstić information content (AvgIpc) is 2.58. The van der Waals surface area contributed by atoms with Crippen molar-refractivity contribution in [3.05, 3.63) is 53.6 Å². The highest BCUT2D eigenvalue weighted by molar-refractivity contribution is 5.89. The van der Waals surface area contributed by atoms with Crippen LogP contribution in [0.4, 0.5) is 17.1 Å². The number of anilines is 2. The standard InChI is InChI=1S/C22H27N3O/c1-15-13-22(3,4)25(5)21-11-6-17(12-20(15)21)14-23-18-7-9-19(10-8-18)24-16(2)26/h6-12,14-15H,13H2,1-5H3,(H,24,26)/t15-/m1/s1. The maximum atomic E-state index is 11.1. The molecule has 1 heterocycles. The summed E-state index contributed by atoms with van der Waals surface area (Å²) in [4.78, 5) is 18.0. The first-order chi connectivity index (χ1) is 12.3. The van der Waals surface area contributed by atoms with Crippen molar-refractivity contribution in [2.24, 2.45) is 4.99 Å². The van der Waals surface area contributed by atoms with Crippen molar-refractivity contribution in [1.82, 2.24) is 0 Å². The first-order valence-electron chi connectivity index (χ1n) is 9.06. The SMILES string of the molecule is CC(=O)Nc1ccc(N=Cc2ccc3c(c2)[C@H](C)CC(C)(C)N3C)cc1. The number of hydrogen-bond donors (Lipinski definition) is 1. The number of rotatable bonds is 3. The van der Waals surface area contributed by atoms with Crippen LogP contribution in [0.2, 0.25) is 0 Å². The van der Waals surface area contributed by atoms with E-state index in [1.807, 2.05) is 30.5 Å². The van der Waals surface area contributed by atoms with Crippen LogP contribution < -0.4 is 10.2 Å². The highest BCUT2D eigenvalue weighted by Crippen LogP contribution is 2.42. The van der Waals surface area contributed by atoms with Gasteiger partial charge in [0, 0.05) is 37.1 Å². The second-order valence-corrected chi connectivity index (χ2v) is 7.78. The maximum absolute atomic E-state index is 11.1. The van der Waals surface area contributed by atoms with Crippen molar-refractivity contribution < 1.29 is 4.79 Å². The van der Waals surface area contributed by atoms with Gasteiger partial charge in [-0.15, -0.1) is 0 Å². The molecule has 0 unspecified atom stereocenters. The van der Waals surface area contributed by atoms with Crippen LogP contribution in [-0.4, -0.2) is 24.7 Å². The Morgan fingerprint density at radius 3 is 2.58 bits per heavy atom. The normalized spacial score (nSPS) is 18.7. The summed E-state index contributed by atoms with van der Waals surface area (Å²) in [6.45, 7) is 8.40. The molecule has 1 aliphatic rings. The Labute approximate surface area is 155 Å². The van der Waals surface area contributed by atoms with Crippen molar-refractivity contribution >= 4 is 29.2 Å². The van der Waals surface area contributed by atoms with Gasteiger partial charge in [-0.25, -0.2) is 0 Å². The summed E-state index contributed by atoms with van der Waals surface area (Å²) in [7, 11) is 2.18. The topological polar surface area (TPSA) is 44.7 Å². The second-order valence-electron chi connectivity index (χ2n) is 7.78. The van der Waals surface area contributed by atoms with Gasteiger partial charge in [-0.1, -0.05) is 13.0 Å². The van der Waals surface area contributed by atoms with Crippen LogP contribution in [0.5, 0.6) is 0 Å².